The van der Waals surface area contributed by atoms with E-state index in [0.717, 1.165) is 16.7 Å². The number of aryl methyl sites for hydroxylation is 1. The van der Waals surface area contributed by atoms with Crippen molar-refractivity contribution in [2.75, 3.05) is 7.11 Å². The highest BCUT2D eigenvalue weighted by Gasteiger charge is 2.33. The number of carbonyl (C=O) groups is 1. The van der Waals surface area contributed by atoms with Gasteiger partial charge in [0.1, 0.15) is 0 Å². The minimum atomic E-state index is -0.592. The first-order valence-electron chi connectivity index (χ1n) is 9.88. The molecule has 0 N–H and O–H groups in total. The Morgan fingerprint density at radius 3 is 2.65 bits per heavy atom. The summed E-state index contributed by atoms with van der Waals surface area (Å²) in [6.45, 7) is 3.92. The number of nitrogens with zero attached hydrogens (tertiary/aromatic N) is 2. The zero-order valence-electron chi connectivity index (χ0n) is 17.4. The Morgan fingerprint density at radius 1 is 1.26 bits per heavy atom. The highest BCUT2D eigenvalue weighted by molar-refractivity contribution is 7.07. The second-order valence-corrected chi connectivity index (χ2v) is 8.70. The van der Waals surface area contributed by atoms with E-state index < -0.39 is 12.0 Å². The molecule has 1 aromatic heterocycles. The fourth-order valence-corrected chi connectivity index (χ4v) is 4.88. The predicted octanol–water partition coefficient (Wildman–Crippen LogP) is 3.76. The lowest BCUT2D eigenvalue weighted by Gasteiger charge is -2.25. The summed E-state index contributed by atoms with van der Waals surface area (Å²) in [5.74, 6) is -0.473. The number of fused-ring (bicyclic) bond motifs is 1. The Hall–Kier alpha value is -2.96. The number of carbonyl (C=O) groups excluding carboxylic acids is 1. The van der Waals surface area contributed by atoms with Gasteiger partial charge in [0.2, 0.25) is 0 Å². The molecular formula is C24H21ClN2O3S. The van der Waals surface area contributed by atoms with Gasteiger partial charge in [-0.15, -0.1) is 0 Å². The minimum absolute atomic E-state index is 0.193. The van der Waals surface area contributed by atoms with Gasteiger partial charge >= 0.3 is 5.97 Å². The number of halogens is 1. The number of hydrogen-bond donors (Lipinski definition) is 0. The van der Waals surface area contributed by atoms with Crippen LogP contribution < -0.4 is 14.9 Å². The summed E-state index contributed by atoms with van der Waals surface area (Å²) in [6.07, 6.45) is 2.37. The fraction of sp³-hybridized carbons (Fsp3) is 0.208. The molecular weight excluding hydrogens is 432 g/mol. The van der Waals surface area contributed by atoms with E-state index in [1.807, 2.05) is 56.3 Å². The van der Waals surface area contributed by atoms with E-state index in [2.05, 4.69) is 4.99 Å². The number of hydrogen-bond acceptors (Lipinski definition) is 5. The Kier molecular flexibility index (Phi) is 5.94. The van der Waals surface area contributed by atoms with Gasteiger partial charge in [-0.25, -0.2) is 9.79 Å². The van der Waals surface area contributed by atoms with Crippen molar-refractivity contribution < 1.29 is 9.53 Å². The van der Waals surface area contributed by atoms with Crippen LogP contribution >= 0.6 is 22.9 Å². The summed E-state index contributed by atoms with van der Waals surface area (Å²) in [7, 11) is 1.35. The maximum absolute atomic E-state index is 13.5. The number of aromatic nitrogens is 1. The van der Waals surface area contributed by atoms with E-state index in [1.54, 1.807) is 16.7 Å². The van der Waals surface area contributed by atoms with Crippen molar-refractivity contribution in [1.29, 1.82) is 0 Å². The highest BCUT2D eigenvalue weighted by atomic mass is 35.5. The normalized spacial score (nSPS) is 16.1. The molecule has 0 unspecified atom stereocenters. The number of benzene rings is 2. The number of ether oxygens (including phenoxy) is 1. The lowest BCUT2D eigenvalue weighted by Crippen LogP contribution is -2.40. The summed E-state index contributed by atoms with van der Waals surface area (Å²) >= 11 is 7.29. The number of esters is 1. The quantitative estimate of drug-likeness (QED) is 0.566. The summed E-state index contributed by atoms with van der Waals surface area (Å²) in [4.78, 5) is 31.5. The van der Waals surface area contributed by atoms with Gasteiger partial charge in [-0.1, -0.05) is 71.8 Å². The zero-order valence-corrected chi connectivity index (χ0v) is 19.0. The van der Waals surface area contributed by atoms with Gasteiger partial charge in [0.15, 0.2) is 4.80 Å². The van der Waals surface area contributed by atoms with Crippen LogP contribution in [-0.2, 0) is 9.53 Å². The maximum Gasteiger partial charge on any atom is 0.338 e. The van der Waals surface area contributed by atoms with Crippen LogP contribution in [0.1, 0.15) is 36.1 Å². The minimum Gasteiger partial charge on any atom is -0.466 e. The standard InChI is InChI=1S/C24H21ClN2O3S/c1-4-18-20(23(29)30-3)21(16-7-5-6-14(2)12-16)27-22(28)19(31-24(27)26-18)13-15-8-10-17(25)11-9-15/h5-13,21H,4H2,1-3H3/b19-13-/t21-/m1/s1. The van der Waals surface area contributed by atoms with Gasteiger partial charge in [-0.3, -0.25) is 9.36 Å². The monoisotopic (exact) mass is 452 g/mol. The van der Waals surface area contributed by atoms with Crippen LogP contribution in [-0.4, -0.2) is 17.6 Å². The molecule has 5 nitrogen and oxygen atoms in total. The Balaban J connectivity index is 2.00. The predicted molar refractivity (Wildman–Crippen MR) is 123 cm³/mol. The molecule has 4 rings (SSSR count). The van der Waals surface area contributed by atoms with Gasteiger partial charge in [0, 0.05) is 5.02 Å². The number of rotatable bonds is 4. The number of methoxy groups -OCH3 is 1. The van der Waals surface area contributed by atoms with Crippen molar-refractivity contribution in [1.82, 2.24) is 4.57 Å². The molecule has 0 aliphatic carbocycles. The van der Waals surface area contributed by atoms with Crippen LogP contribution in [0.3, 0.4) is 0 Å². The van der Waals surface area contributed by atoms with Crippen LogP contribution in [0.25, 0.3) is 6.08 Å². The van der Waals surface area contributed by atoms with E-state index in [-0.39, 0.29) is 5.56 Å². The highest BCUT2D eigenvalue weighted by Crippen LogP contribution is 2.32. The summed E-state index contributed by atoms with van der Waals surface area (Å²) in [5.41, 5.74) is 3.60. The molecule has 1 aliphatic rings. The molecule has 2 aromatic carbocycles. The molecule has 0 radical (unpaired) electrons. The number of thiazole rings is 1. The summed E-state index contributed by atoms with van der Waals surface area (Å²) in [5, 5.41) is 0.633. The van der Waals surface area contributed by atoms with E-state index in [0.29, 0.717) is 32.0 Å². The molecule has 2 heterocycles. The van der Waals surface area contributed by atoms with Crippen LogP contribution in [0.2, 0.25) is 5.02 Å². The van der Waals surface area contributed by atoms with Gasteiger partial charge in [-0.2, -0.15) is 0 Å². The van der Waals surface area contributed by atoms with Gasteiger partial charge in [0.25, 0.3) is 5.56 Å². The molecule has 158 valence electrons. The van der Waals surface area contributed by atoms with Gasteiger partial charge in [0.05, 0.1) is 29.0 Å². The molecule has 0 bridgehead atoms. The van der Waals surface area contributed by atoms with Crippen LogP contribution in [0.5, 0.6) is 0 Å². The summed E-state index contributed by atoms with van der Waals surface area (Å²) in [6, 6.07) is 14.5. The Labute approximate surface area is 188 Å². The van der Waals surface area contributed by atoms with Crippen molar-refractivity contribution in [2.24, 2.45) is 4.99 Å². The van der Waals surface area contributed by atoms with Crippen molar-refractivity contribution in [3.05, 3.63) is 101 Å². The largest absolute Gasteiger partial charge is 0.466 e. The Morgan fingerprint density at radius 2 is 2.00 bits per heavy atom. The van der Waals surface area contributed by atoms with E-state index in [1.165, 1.54) is 18.4 Å². The topological polar surface area (TPSA) is 60.7 Å². The third kappa shape index (κ3) is 4.01. The molecule has 1 atom stereocenters. The fourth-order valence-electron chi connectivity index (χ4n) is 3.73. The molecule has 3 aromatic rings. The van der Waals surface area contributed by atoms with Gasteiger partial charge < -0.3 is 4.74 Å². The average molecular weight is 453 g/mol. The molecule has 0 spiro atoms. The van der Waals surface area contributed by atoms with E-state index in [9.17, 15) is 9.59 Å². The molecule has 7 heteroatoms. The first-order chi connectivity index (χ1) is 14.9. The van der Waals surface area contributed by atoms with Crippen LogP contribution in [0.15, 0.2) is 69.6 Å². The van der Waals surface area contributed by atoms with E-state index >= 15 is 0 Å². The third-order valence-corrected chi connectivity index (χ3v) is 6.41. The van der Waals surface area contributed by atoms with Crippen molar-refractivity contribution >= 4 is 35.0 Å². The molecule has 0 saturated carbocycles. The smallest absolute Gasteiger partial charge is 0.338 e. The van der Waals surface area contributed by atoms with Gasteiger partial charge in [-0.05, 0) is 42.7 Å². The SMILES string of the molecule is CCC1=C(C(=O)OC)[C@@H](c2cccc(C)c2)n2c(s/c(=C\c3ccc(Cl)cc3)c2=O)=N1. The average Bonchev–Trinajstić information content (AvgIpc) is 3.08. The summed E-state index contributed by atoms with van der Waals surface area (Å²) < 4.78 is 7.23. The van der Waals surface area contributed by atoms with Crippen molar-refractivity contribution in [2.45, 2.75) is 26.3 Å². The van der Waals surface area contributed by atoms with Crippen LogP contribution in [0, 0.1) is 6.92 Å². The first-order valence-corrected chi connectivity index (χ1v) is 11.1. The number of allylic oxidation sites excluding steroid dienone is 1. The third-order valence-electron chi connectivity index (χ3n) is 5.18. The molecule has 31 heavy (non-hydrogen) atoms. The first kappa shape index (κ1) is 21.3. The lowest BCUT2D eigenvalue weighted by molar-refractivity contribution is -0.136. The van der Waals surface area contributed by atoms with Crippen molar-refractivity contribution in [3.8, 4) is 0 Å². The molecule has 0 saturated heterocycles. The molecule has 1 aliphatic heterocycles. The second-order valence-electron chi connectivity index (χ2n) is 7.25. The van der Waals surface area contributed by atoms with Crippen LogP contribution in [0.4, 0.5) is 0 Å². The molecule has 0 amide bonds. The van der Waals surface area contributed by atoms with Crippen molar-refractivity contribution in [3.63, 3.8) is 0 Å². The Bertz CT molecular complexity index is 1370. The van der Waals surface area contributed by atoms with E-state index in [4.69, 9.17) is 16.3 Å². The maximum atomic E-state index is 13.5. The zero-order chi connectivity index (χ0) is 22.1. The molecule has 0 fully saturated rings. The second kappa shape index (κ2) is 8.65. The lowest BCUT2D eigenvalue weighted by atomic mass is 9.94.